The van der Waals surface area contributed by atoms with E-state index in [9.17, 15) is 4.79 Å². The summed E-state index contributed by atoms with van der Waals surface area (Å²) in [5, 5.41) is 3.86. The number of fused-ring (bicyclic) bond motifs is 1. The Hall–Kier alpha value is -2.80. The Morgan fingerprint density at radius 3 is 2.71 bits per heavy atom. The maximum Gasteiger partial charge on any atom is 0.439 e. The first kappa shape index (κ1) is 25.5. The van der Waals surface area contributed by atoms with E-state index in [1.54, 1.807) is 0 Å². The molecule has 11 heteroatoms. The molecule has 1 saturated heterocycles. The molecule has 2 fully saturated rings. The second kappa shape index (κ2) is 10.8. The molecular formula is C27H32IN7O3. The predicted octanol–water partition coefficient (Wildman–Crippen LogP) is 4.82. The smallest absolute Gasteiger partial charge is 0.377 e. The fraction of sp³-hybridized carbons (Fsp3) is 0.519. The third kappa shape index (κ3) is 4.97. The van der Waals surface area contributed by atoms with E-state index < -0.39 is 5.76 Å². The number of anilines is 1. The van der Waals surface area contributed by atoms with Crippen molar-refractivity contribution in [3.8, 4) is 22.9 Å². The number of H-pyrrole nitrogens is 1. The second-order valence-corrected chi connectivity index (χ2v) is 11.4. The van der Waals surface area contributed by atoms with Crippen LogP contribution in [0, 0.1) is 11.8 Å². The number of benzene rings is 1. The summed E-state index contributed by atoms with van der Waals surface area (Å²) in [5.74, 6) is 2.10. The van der Waals surface area contributed by atoms with Gasteiger partial charge in [-0.2, -0.15) is 4.98 Å². The van der Waals surface area contributed by atoms with Gasteiger partial charge in [0.05, 0.1) is 19.3 Å². The highest BCUT2D eigenvalue weighted by Crippen LogP contribution is 2.36. The first-order valence-corrected chi connectivity index (χ1v) is 14.9. The van der Waals surface area contributed by atoms with Crippen molar-refractivity contribution in [3.05, 3.63) is 40.4 Å². The van der Waals surface area contributed by atoms with Gasteiger partial charge in [0.2, 0.25) is 17.6 Å². The van der Waals surface area contributed by atoms with Crippen molar-refractivity contribution in [3.63, 3.8) is 0 Å². The maximum absolute atomic E-state index is 11.7. The van der Waals surface area contributed by atoms with Crippen LogP contribution in [0.1, 0.15) is 45.1 Å². The third-order valence-corrected chi connectivity index (χ3v) is 8.67. The van der Waals surface area contributed by atoms with Gasteiger partial charge in [0.25, 0.3) is 0 Å². The first-order valence-electron chi connectivity index (χ1n) is 13.3. The van der Waals surface area contributed by atoms with Crippen molar-refractivity contribution in [1.29, 1.82) is 0 Å². The number of imidazole rings is 1. The zero-order valence-electron chi connectivity index (χ0n) is 21.7. The number of nitrogens with zero attached hydrogens (tertiary/aromatic N) is 6. The molecule has 0 spiro atoms. The van der Waals surface area contributed by atoms with Crippen LogP contribution in [0.3, 0.4) is 0 Å². The SMILES string of the molecule is CC1CCC(Cn2c(N3CCOC[C@@H]3C)nc3nc(-c4noc(=O)[nH]4)nc(-c4cccc(CI)c4)c32)CC1. The van der Waals surface area contributed by atoms with E-state index in [1.807, 2.05) is 0 Å². The van der Waals surface area contributed by atoms with Gasteiger partial charge in [-0.15, -0.1) is 0 Å². The van der Waals surface area contributed by atoms with Crippen molar-refractivity contribution >= 4 is 39.7 Å². The van der Waals surface area contributed by atoms with E-state index in [2.05, 4.69) is 80.3 Å². The molecule has 1 atom stereocenters. The van der Waals surface area contributed by atoms with E-state index in [4.69, 9.17) is 24.2 Å². The topological polar surface area (TPSA) is 115 Å². The molecule has 0 bridgehead atoms. The van der Waals surface area contributed by atoms with Gasteiger partial charge < -0.3 is 14.2 Å². The van der Waals surface area contributed by atoms with Crippen LogP contribution in [0.2, 0.25) is 0 Å². The standard InChI is InChI=1S/C27H32IN7O3/c1-16-6-8-18(9-7-16)14-35-22-21(20-5-3-4-19(12-20)13-28)29-24(25-32-27(36)38-33-25)30-23(22)31-26(35)34-10-11-37-15-17(34)2/h3-5,12,16-18H,6-11,13-15H2,1-2H3,(H,32,33,36)/t16?,17-,18?/m0/s1. The highest BCUT2D eigenvalue weighted by Gasteiger charge is 2.30. The molecule has 1 saturated carbocycles. The molecule has 38 heavy (non-hydrogen) atoms. The number of hydrogen-bond acceptors (Lipinski definition) is 8. The summed E-state index contributed by atoms with van der Waals surface area (Å²) in [6.45, 7) is 7.48. The van der Waals surface area contributed by atoms with E-state index in [0.717, 1.165) is 46.2 Å². The van der Waals surface area contributed by atoms with Crippen LogP contribution in [-0.2, 0) is 15.7 Å². The molecular weight excluding hydrogens is 597 g/mol. The van der Waals surface area contributed by atoms with Gasteiger partial charge in [0.15, 0.2) is 5.65 Å². The molecule has 3 aromatic heterocycles. The fourth-order valence-corrected chi connectivity index (χ4v) is 6.12. The van der Waals surface area contributed by atoms with Crippen molar-refractivity contribution in [2.45, 2.75) is 56.5 Å². The van der Waals surface area contributed by atoms with Gasteiger partial charge in [-0.05, 0) is 43.2 Å². The van der Waals surface area contributed by atoms with Crippen LogP contribution >= 0.6 is 22.6 Å². The molecule has 4 aromatic rings. The van der Waals surface area contributed by atoms with Crippen molar-refractivity contribution < 1.29 is 9.26 Å². The highest BCUT2D eigenvalue weighted by atomic mass is 127. The van der Waals surface area contributed by atoms with Crippen LogP contribution in [-0.4, -0.2) is 55.5 Å². The first-order chi connectivity index (χ1) is 18.5. The summed E-state index contributed by atoms with van der Waals surface area (Å²) < 4.78 is 13.8. The molecule has 1 aromatic carbocycles. The lowest BCUT2D eigenvalue weighted by Gasteiger charge is -2.35. The van der Waals surface area contributed by atoms with Gasteiger partial charge in [-0.1, -0.05) is 65.7 Å². The van der Waals surface area contributed by atoms with E-state index in [0.29, 0.717) is 24.8 Å². The average Bonchev–Trinajstić information content (AvgIpc) is 3.53. The number of halogens is 1. The summed E-state index contributed by atoms with van der Waals surface area (Å²) in [4.78, 5) is 31.5. The van der Waals surface area contributed by atoms with E-state index in [1.165, 1.54) is 31.2 Å². The average molecular weight is 630 g/mol. The fourth-order valence-electron chi connectivity index (χ4n) is 5.65. The van der Waals surface area contributed by atoms with Gasteiger partial charge in [0.1, 0.15) is 11.2 Å². The lowest BCUT2D eigenvalue weighted by molar-refractivity contribution is 0.0976. The normalized spacial score (nSPS) is 22.3. The summed E-state index contributed by atoms with van der Waals surface area (Å²) in [5.41, 5.74) is 4.48. The van der Waals surface area contributed by atoms with Crippen LogP contribution in [0.25, 0.3) is 34.1 Å². The van der Waals surface area contributed by atoms with E-state index in [-0.39, 0.29) is 17.7 Å². The number of aromatic nitrogens is 6. The molecule has 200 valence electrons. The monoisotopic (exact) mass is 629 g/mol. The molecule has 4 heterocycles. The van der Waals surface area contributed by atoms with Crippen LogP contribution < -0.4 is 10.7 Å². The Balaban J connectivity index is 1.58. The summed E-state index contributed by atoms with van der Waals surface area (Å²) in [6, 6.07) is 8.61. The zero-order valence-corrected chi connectivity index (χ0v) is 23.8. The Labute approximate surface area is 234 Å². The number of hydrogen-bond donors (Lipinski definition) is 1. The van der Waals surface area contributed by atoms with Crippen LogP contribution in [0.15, 0.2) is 33.6 Å². The minimum Gasteiger partial charge on any atom is -0.377 e. The number of morpholine rings is 1. The number of nitrogens with one attached hydrogen (secondary N) is 1. The van der Waals surface area contributed by atoms with Crippen molar-refractivity contribution in [1.82, 2.24) is 29.7 Å². The second-order valence-electron chi connectivity index (χ2n) is 10.6. The maximum atomic E-state index is 11.7. The zero-order chi connectivity index (χ0) is 26.2. The molecule has 0 amide bonds. The summed E-state index contributed by atoms with van der Waals surface area (Å²) in [7, 11) is 0. The minimum absolute atomic E-state index is 0.191. The van der Waals surface area contributed by atoms with E-state index >= 15 is 0 Å². The third-order valence-electron chi connectivity index (χ3n) is 7.79. The molecule has 1 aliphatic carbocycles. The van der Waals surface area contributed by atoms with Crippen LogP contribution in [0.5, 0.6) is 0 Å². The molecule has 10 nitrogen and oxygen atoms in total. The Morgan fingerprint density at radius 1 is 1.13 bits per heavy atom. The Kier molecular flexibility index (Phi) is 7.21. The predicted molar refractivity (Wildman–Crippen MR) is 153 cm³/mol. The lowest BCUT2D eigenvalue weighted by atomic mass is 9.83. The minimum atomic E-state index is -0.642. The number of rotatable bonds is 6. The van der Waals surface area contributed by atoms with Gasteiger partial charge in [-0.25, -0.2) is 14.8 Å². The molecule has 0 radical (unpaired) electrons. The summed E-state index contributed by atoms with van der Waals surface area (Å²) in [6.07, 6.45) is 4.92. The Morgan fingerprint density at radius 2 is 1.97 bits per heavy atom. The summed E-state index contributed by atoms with van der Waals surface area (Å²) >= 11 is 2.38. The number of aromatic amines is 1. The van der Waals surface area contributed by atoms with Crippen molar-refractivity contribution in [2.24, 2.45) is 11.8 Å². The Bertz CT molecular complexity index is 1490. The molecule has 1 aliphatic heterocycles. The van der Waals surface area contributed by atoms with Gasteiger partial charge in [0, 0.05) is 23.1 Å². The number of ether oxygens (including phenoxy) is 1. The molecule has 0 unspecified atom stereocenters. The van der Waals surface area contributed by atoms with Gasteiger partial charge >= 0.3 is 5.76 Å². The highest BCUT2D eigenvalue weighted by molar-refractivity contribution is 14.1. The quantitative estimate of drug-likeness (QED) is 0.239. The molecule has 1 N–H and O–H groups in total. The van der Waals surface area contributed by atoms with Crippen LogP contribution in [0.4, 0.5) is 5.95 Å². The van der Waals surface area contributed by atoms with Gasteiger partial charge in [-0.3, -0.25) is 9.51 Å². The largest absolute Gasteiger partial charge is 0.439 e. The molecule has 2 aliphatic rings. The molecule has 6 rings (SSSR count). The lowest BCUT2D eigenvalue weighted by Crippen LogP contribution is -2.45. The van der Waals surface area contributed by atoms with Crippen molar-refractivity contribution in [2.75, 3.05) is 24.7 Å². The number of alkyl halides is 1.